The number of esters is 1. The predicted octanol–water partition coefficient (Wildman–Crippen LogP) is 4.18. The molecule has 3 aliphatic carbocycles. The van der Waals surface area contributed by atoms with Crippen LogP contribution in [0.1, 0.15) is 64.7 Å². The van der Waals surface area contributed by atoms with Gasteiger partial charge in [0.2, 0.25) is 0 Å². The molecule has 19 heavy (non-hydrogen) atoms. The highest BCUT2D eigenvalue weighted by Gasteiger charge is 2.51. The lowest BCUT2D eigenvalue weighted by Gasteiger charge is -2.32. The van der Waals surface area contributed by atoms with Gasteiger partial charge in [0, 0.05) is 6.42 Å². The zero-order chi connectivity index (χ0) is 13.2. The van der Waals surface area contributed by atoms with Gasteiger partial charge in [0.25, 0.3) is 0 Å². The fourth-order valence-electron chi connectivity index (χ4n) is 5.54. The minimum absolute atomic E-state index is 0.0584. The van der Waals surface area contributed by atoms with Gasteiger partial charge in [-0.25, -0.2) is 0 Å². The smallest absolute Gasteiger partial charge is 0.306 e. The standard InChI is InChI=1S/C17H28O2/c1-2-19-17(18)11-16-14-9-5-3-7-12(14)13-8-4-6-10-15(13)16/h12-16H,2-11H2,1H3. The average molecular weight is 264 g/mol. The number of carbonyl (C=O) groups is 1. The molecule has 0 amide bonds. The van der Waals surface area contributed by atoms with Crippen molar-refractivity contribution in [3.8, 4) is 0 Å². The summed E-state index contributed by atoms with van der Waals surface area (Å²) in [5.41, 5.74) is 0. The van der Waals surface area contributed by atoms with Crippen LogP contribution in [0.3, 0.4) is 0 Å². The zero-order valence-electron chi connectivity index (χ0n) is 12.3. The molecule has 3 fully saturated rings. The van der Waals surface area contributed by atoms with Crippen LogP contribution in [0.25, 0.3) is 0 Å². The topological polar surface area (TPSA) is 26.3 Å². The largest absolute Gasteiger partial charge is 0.466 e. The van der Waals surface area contributed by atoms with Crippen LogP contribution < -0.4 is 0 Å². The summed E-state index contributed by atoms with van der Waals surface area (Å²) >= 11 is 0. The van der Waals surface area contributed by atoms with E-state index in [1.54, 1.807) is 0 Å². The molecule has 108 valence electrons. The lowest BCUT2D eigenvalue weighted by Crippen LogP contribution is -2.24. The van der Waals surface area contributed by atoms with Gasteiger partial charge in [-0.3, -0.25) is 4.79 Å². The van der Waals surface area contributed by atoms with Gasteiger partial charge in [-0.15, -0.1) is 0 Å². The second-order valence-electron chi connectivity index (χ2n) is 6.90. The van der Waals surface area contributed by atoms with Crippen LogP contribution in [0.5, 0.6) is 0 Å². The van der Waals surface area contributed by atoms with Crippen LogP contribution in [-0.2, 0) is 9.53 Å². The minimum Gasteiger partial charge on any atom is -0.466 e. The predicted molar refractivity (Wildman–Crippen MR) is 75.6 cm³/mol. The summed E-state index contributed by atoms with van der Waals surface area (Å²) in [6.45, 7) is 2.45. The third-order valence-electron chi connectivity index (χ3n) is 6.11. The van der Waals surface area contributed by atoms with Crippen LogP contribution in [0.15, 0.2) is 0 Å². The first-order chi connectivity index (χ1) is 9.31. The van der Waals surface area contributed by atoms with Crippen molar-refractivity contribution in [3.05, 3.63) is 0 Å². The molecule has 0 aromatic rings. The van der Waals surface area contributed by atoms with Gasteiger partial charge in [0.1, 0.15) is 0 Å². The molecule has 2 nitrogen and oxygen atoms in total. The van der Waals surface area contributed by atoms with Crippen LogP contribution in [0.2, 0.25) is 0 Å². The van der Waals surface area contributed by atoms with E-state index >= 15 is 0 Å². The molecule has 0 aromatic carbocycles. The molecule has 0 bridgehead atoms. The second kappa shape index (κ2) is 5.85. The van der Waals surface area contributed by atoms with Gasteiger partial charge >= 0.3 is 5.97 Å². The fourth-order valence-corrected chi connectivity index (χ4v) is 5.54. The lowest BCUT2D eigenvalue weighted by molar-refractivity contribution is -0.145. The molecular formula is C17H28O2. The summed E-state index contributed by atoms with van der Waals surface area (Å²) in [6, 6.07) is 0. The van der Waals surface area contributed by atoms with E-state index in [1.807, 2.05) is 6.92 Å². The first kappa shape index (κ1) is 13.5. The van der Waals surface area contributed by atoms with Gasteiger partial charge in [0.05, 0.1) is 6.61 Å². The van der Waals surface area contributed by atoms with Crippen molar-refractivity contribution in [1.29, 1.82) is 0 Å². The number of fused-ring (bicyclic) bond motifs is 3. The molecule has 3 rings (SSSR count). The van der Waals surface area contributed by atoms with Gasteiger partial charge in [-0.2, -0.15) is 0 Å². The van der Waals surface area contributed by atoms with E-state index in [1.165, 1.54) is 51.4 Å². The highest BCUT2D eigenvalue weighted by molar-refractivity contribution is 5.69. The molecule has 3 saturated carbocycles. The van der Waals surface area contributed by atoms with Crippen molar-refractivity contribution in [2.75, 3.05) is 6.61 Å². The number of ether oxygens (including phenoxy) is 1. The van der Waals surface area contributed by atoms with Crippen molar-refractivity contribution in [1.82, 2.24) is 0 Å². The zero-order valence-corrected chi connectivity index (χ0v) is 12.3. The second-order valence-corrected chi connectivity index (χ2v) is 6.90. The maximum Gasteiger partial charge on any atom is 0.306 e. The van der Waals surface area contributed by atoms with Crippen molar-refractivity contribution >= 4 is 5.97 Å². The summed E-state index contributed by atoms with van der Waals surface area (Å²) in [5.74, 6) is 4.27. The fraction of sp³-hybridized carbons (Fsp3) is 0.941. The number of hydrogen-bond acceptors (Lipinski definition) is 2. The Morgan fingerprint density at radius 1 is 0.895 bits per heavy atom. The normalized spacial score (nSPS) is 41.4. The Morgan fingerprint density at radius 2 is 1.37 bits per heavy atom. The molecule has 0 aromatic heterocycles. The maximum absolute atomic E-state index is 11.9. The highest BCUT2D eigenvalue weighted by Crippen LogP contribution is 2.58. The molecule has 0 saturated heterocycles. The van der Waals surface area contributed by atoms with E-state index in [0.29, 0.717) is 18.9 Å². The van der Waals surface area contributed by atoms with Crippen molar-refractivity contribution in [3.63, 3.8) is 0 Å². The van der Waals surface area contributed by atoms with E-state index in [9.17, 15) is 4.79 Å². The van der Waals surface area contributed by atoms with Gasteiger partial charge in [-0.05, 0) is 62.2 Å². The van der Waals surface area contributed by atoms with E-state index in [4.69, 9.17) is 4.74 Å². The summed E-state index contributed by atoms with van der Waals surface area (Å²) in [4.78, 5) is 11.9. The Bertz CT molecular complexity index is 303. The molecule has 4 unspecified atom stereocenters. The molecule has 4 atom stereocenters. The number of carbonyl (C=O) groups excluding carboxylic acids is 1. The van der Waals surface area contributed by atoms with Crippen molar-refractivity contribution in [2.45, 2.75) is 64.7 Å². The summed E-state index contributed by atoms with van der Waals surface area (Å²) in [6.07, 6.45) is 12.0. The Morgan fingerprint density at radius 3 is 1.84 bits per heavy atom. The van der Waals surface area contributed by atoms with E-state index in [-0.39, 0.29) is 5.97 Å². The van der Waals surface area contributed by atoms with Crippen LogP contribution in [0, 0.1) is 29.6 Å². The highest BCUT2D eigenvalue weighted by atomic mass is 16.5. The van der Waals surface area contributed by atoms with Crippen molar-refractivity contribution < 1.29 is 9.53 Å². The SMILES string of the molecule is CCOC(=O)CC1C2CCCCC2C2CCCCC21. The van der Waals surface area contributed by atoms with Crippen molar-refractivity contribution in [2.24, 2.45) is 29.6 Å². The Kier molecular flexibility index (Phi) is 4.14. The monoisotopic (exact) mass is 264 g/mol. The average Bonchev–Trinajstić information content (AvgIpc) is 2.75. The molecule has 0 aliphatic heterocycles. The molecule has 0 spiro atoms. The van der Waals surface area contributed by atoms with Gasteiger partial charge in [-0.1, -0.05) is 25.7 Å². The number of hydrogen-bond donors (Lipinski definition) is 0. The van der Waals surface area contributed by atoms with Gasteiger partial charge < -0.3 is 4.74 Å². The first-order valence-electron chi connectivity index (χ1n) is 8.47. The third-order valence-corrected chi connectivity index (χ3v) is 6.11. The summed E-state index contributed by atoms with van der Waals surface area (Å²) in [5, 5.41) is 0. The third kappa shape index (κ3) is 2.55. The Labute approximate surface area is 117 Å². The van der Waals surface area contributed by atoms with Crippen LogP contribution >= 0.6 is 0 Å². The van der Waals surface area contributed by atoms with E-state index < -0.39 is 0 Å². The van der Waals surface area contributed by atoms with E-state index in [2.05, 4.69) is 0 Å². The summed E-state index contributed by atoms with van der Waals surface area (Å²) < 4.78 is 5.22. The Hall–Kier alpha value is -0.530. The van der Waals surface area contributed by atoms with Crippen LogP contribution in [-0.4, -0.2) is 12.6 Å². The lowest BCUT2D eigenvalue weighted by atomic mass is 9.73. The van der Waals surface area contributed by atoms with Gasteiger partial charge in [0.15, 0.2) is 0 Å². The van der Waals surface area contributed by atoms with Crippen LogP contribution in [0.4, 0.5) is 0 Å². The molecule has 0 radical (unpaired) electrons. The molecule has 0 heterocycles. The Balaban J connectivity index is 1.74. The molecular weight excluding hydrogens is 236 g/mol. The number of rotatable bonds is 3. The molecule has 2 heteroatoms. The quantitative estimate of drug-likeness (QED) is 0.715. The maximum atomic E-state index is 11.9. The molecule has 0 N–H and O–H groups in total. The van der Waals surface area contributed by atoms with E-state index in [0.717, 1.165) is 23.7 Å². The first-order valence-corrected chi connectivity index (χ1v) is 8.47. The summed E-state index contributed by atoms with van der Waals surface area (Å²) in [7, 11) is 0. The minimum atomic E-state index is 0.0584. The molecule has 3 aliphatic rings.